The lowest BCUT2D eigenvalue weighted by molar-refractivity contribution is 0.386. The lowest BCUT2D eigenvalue weighted by Gasteiger charge is -2.00. The van der Waals surface area contributed by atoms with Gasteiger partial charge >= 0.3 is 0 Å². The zero-order valence-electron chi connectivity index (χ0n) is 6.47. The van der Waals surface area contributed by atoms with Gasteiger partial charge in [-0.1, -0.05) is 0 Å². The maximum atomic E-state index is 12.9. The lowest BCUT2D eigenvalue weighted by atomic mass is 10.2. The predicted molar refractivity (Wildman–Crippen MR) is 41.8 cm³/mol. The second-order valence-electron chi connectivity index (χ2n) is 2.09. The van der Waals surface area contributed by atoms with Crippen molar-refractivity contribution in [1.29, 1.82) is 0 Å². The second kappa shape index (κ2) is 3.63. The summed E-state index contributed by atoms with van der Waals surface area (Å²) in [6.07, 6.45) is 1.69. The van der Waals surface area contributed by atoms with Crippen molar-refractivity contribution in [1.82, 2.24) is 0 Å². The number of ether oxygens (including phenoxy) is 1. The van der Waals surface area contributed by atoms with Crippen LogP contribution in [0, 0.1) is 17.8 Å². The van der Waals surface area contributed by atoms with E-state index in [9.17, 15) is 4.39 Å². The fourth-order valence-electron chi connectivity index (χ4n) is 0.809. The molecule has 0 radical (unpaired) electrons. The van der Waals surface area contributed by atoms with Gasteiger partial charge < -0.3 is 9.84 Å². The molecular weight excluding hydrogens is 159 g/mol. The Morgan fingerprint density at radius 1 is 1.50 bits per heavy atom. The van der Waals surface area contributed by atoms with Gasteiger partial charge in [-0.15, -0.1) is 0 Å². The van der Waals surface area contributed by atoms with E-state index in [1.165, 1.54) is 19.2 Å². The van der Waals surface area contributed by atoms with E-state index in [4.69, 9.17) is 9.84 Å². The van der Waals surface area contributed by atoms with Crippen LogP contribution < -0.4 is 4.74 Å². The maximum absolute atomic E-state index is 12.9. The number of benzene rings is 1. The van der Waals surface area contributed by atoms with Crippen molar-refractivity contribution in [3.63, 3.8) is 0 Å². The van der Waals surface area contributed by atoms with Gasteiger partial charge in [-0.2, -0.15) is 0 Å². The van der Waals surface area contributed by atoms with Gasteiger partial charge in [0.2, 0.25) is 0 Å². The molecule has 0 aliphatic rings. The van der Waals surface area contributed by atoms with Crippen molar-refractivity contribution in [3.8, 4) is 17.8 Å². The van der Waals surface area contributed by atoms with Crippen LogP contribution in [0.2, 0.25) is 0 Å². The van der Waals surface area contributed by atoms with Crippen molar-refractivity contribution < 1.29 is 14.2 Å². The molecule has 1 aromatic rings. The minimum atomic E-state index is -0.488. The molecular formula is C9H7FO2. The van der Waals surface area contributed by atoms with Crippen LogP contribution in [0.1, 0.15) is 5.56 Å². The summed E-state index contributed by atoms with van der Waals surface area (Å²) >= 11 is 0. The summed E-state index contributed by atoms with van der Waals surface area (Å²) in [6, 6.07) is 4.21. The molecule has 3 heteroatoms. The van der Waals surface area contributed by atoms with Crippen LogP contribution in [0.4, 0.5) is 4.39 Å². The Labute approximate surface area is 69.6 Å². The van der Waals surface area contributed by atoms with Crippen LogP contribution in [0.5, 0.6) is 5.75 Å². The first-order valence-electron chi connectivity index (χ1n) is 3.26. The van der Waals surface area contributed by atoms with Gasteiger partial charge in [-0.05, 0) is 24.1 Å². The molecule has 0 spiro atoms. The van der Waals surface area contributed by atoms with Crippen molar-refractivity contribution >= 4 is 0 Å². The summed E-state index contributed by atoms with van der Waals surface area (Å²) in [5, 5.41) is 8.22. The molecule has 0 bridgehead atoms. The van der Waals surface area contributed by atoms with Gasteiger partial charge in [-0.3, -0.25) is 0 Å². The topological polar surface area (TPSA) is 29.5 Å². The second-order valence-corrected chi connectivity index (χ2v) is 2.09. The van der Waals surface area contributed by atoms with Crippen molar-refractivity contribution in [2.75, 3.05) is 7.11 Å². The molecule has 62 valence electrons. The van der Waals surface area contributed by atoms with Crippen LogP contribution in [0.15, 0.2) is 18.2 Å². The summed E-state index contributed by atoms with van der Waals surface area (Å²) in [7, 11) is 1.38. The molecule has 0 unspecified atom stereocenters. The fourth-order valence-corrected chi connectivity index (χ4v) is 0.809. The molecule has 0 atom stereocenters. The highest BCUT2D eigenvalue weighted by Crippen LogP contribution is 2.16. The molecule has 0 heterocycles. The summed E-state index contributed by atoms with van der Waals surface area (Å²) in [5.74, 6) is 1.99. The average Bonchev–Trinajstić information content (AvgIpc) is 2.05. The molecule has 12 heavy (non-hydrogen) atoms. The van der Waals surface area contributed by atoms with Gasteiger partial charge in [-0.25, -0.2) is 4.39 Å². The molecule has 1 N–H and O–H groups in total. The minimum Gasteiger partial charge on any atom is -0.494 e. The predicted octanol–water partition coefficient (Wildman–Crippen LogP) is 1.52. The number of halogens is 1. The molecule has 1 aromatic carbocycles. The first-order valence-corrected chi connectivity index (χ1v) is 3.26. The normalized spacial score (nSPS) is 8.50. The van der Waals surface area contributed by atoms with E-state index in [2.05, 4.69) is 5.92 Å². The monoisotopic (exact) mass is 166 g/mol. The van der Waals surface area contributed by atoms with Gasteiger partial charge in [0.25, 0.3) is 0 Å². The number of aliphatic hydroxyl groups excluding tert-OH is 1. The number of hydrogen-bond acceptors (Lipinski definition) is 2. The third kappa shape index (κ3) is 1.67. The smallest absolute Gasteiger partial charge is 0.166 e. The molecule has 0 saturated carbocycles. The SMILES string of the molecule is COc1ccc(C#CO)cc1F. The third-order valence-corrected chi connectivity index (χ3v) is 1.35. The largest absolute Gasteiger partial charge is 0.494 e. The van der Waals surface area contributed by atoms with Crippen molar-refractivity contribution in [3.05, 3.63) is 29.6 Å². The number of hydrogen-bond donors (Lipinski definition) is 1. The third-order valence-electron chi connectivity index (χ3n) is 1.35. The molecule has 0 aliphatic carbocycles. The molecule has 0 aliphatic heterocycles. The van der Waals surface area contributed by atoms with E-state index >= 15 is 0 Å². The highest BCUT2D eigenvalue weighted by Gasteiger charge is 2.00. The fraction of sp³-hybridized carbons (Fsp3) is 0.111. The molecule has 0 aromatic heterocycles. The van der Waals surface area contributed by atoms with Crippen LogP contribution >= 0.6 is 0 Å². The Morgan fingerprint density at radius 2 is 2.25 bits per heavy atom. The Balaban J connectivity index is 3.07. The van der Waals surface area contributed by atoms with Crippen LogP contribution in [-0.4, -0.2) is 12.2 Å². The van der Waals surface area contributed by atoms with Gasteiger partial charge in [0.15, 0.2) is 11.6 Å². The Kier molecular flexibility index (Phi) is 2.54. The Bertz CT molecular complexity index is 336. The van der Waals surface area contributed by atoms with E-state index in [0.717, 1.165) is 0 Å². The van der Waals surface area contributed by atoms with E-state index in [-0.39, 0.29) is 5.75 Å². The van der Waals surface area contributed by atoms with Crippen LogP contribution in [0.3, 0.4) is 0 Å². The summed E-state index contributed by atoms with van der Waals surface area (Å²) in [5.41, 5.74) is 0.413. The van der Waals surface area contributed by atoms with E-state index in [1.54, 1.807) is 12.2 Å². The summed E-state index contributed by atoms with van der Waals surface area (Å²) in [6.45, 7) is 0. The lowest BCUT2D eigenvalue weighted by Crippen LogP contribution is -1.88. The van der Waals surface area contributed by atoms with E-state index < -0.39 is 5.82 Å². The average molecular weight is 166 g/mol. The highest BCUT2D eigenvalue weighted by molar-refractivity contribution is 5.38. The number of rotatable bonds is 1. The van der Waals surface area contributed by atoms with Crippen molar-refractivity contribution in [2.45, 2.75) is 0 Å². The van der Waals surface area contributed by atoms with Crippen LogP contribution in [0.25, 0.3) is 0 Å². The first-order chi connectivity index (χ1) is 5.77. The van der Waals surface area contributed by atoms with Crippen molar-refractivity contribution in [2.24, 2.45) is 0 Å². The quantitative estimate of drug-likeness (QED) is 0.641. The van der Waals surface area contributed by atoms with Crippen LogP contribution in [-0.2, 0) is 0 Å². The molecule has 0 fully saturated rings. The zero-order valence-corrected chi connectivity index (χ0v) is 6.47. The first kappa shape index (κ1) is 8.41. The summed E-state index contributed by atoms with van der Waals surface area (Å²) < 4.78 is 17.6. The molecule has 1 rings (SSSR count). The highest BCUT2D eigenvalue weighted by atomic mass is 19.1. The minimum absolute atomic E-state index is 0.165. The molecule has 0 saturated heterocycles. The Hall–Kier alpha value is -1.69. The van der Waals surface area contributed by atoms with Gasteiger partial charge in [0.1, 0.15) is 6.11 Å². The summed E-state index contributed by atoms with van der Waals surface area (Å²) in [4.78, 5) is 0. The van der Waals surface area contributed by atoms with E-state index in [1.807, 2.05) is 0 Å². The number of methoxy groups -OCH3 is 1. The molecule has 2 nitrogen and oxygen atoms in total. The van der Waals surface area contributed by atoms with Gasteiger partial charge in [0, 0.05) is 5.56 Å². The van der Waals surface area contributed by atoms with Gasteiger partial charge in [0.05, 0.1) is 7.11 Å². The van der Waals surface area contributed by atoms with E-state index in [0.29, 0.717) is 5.56 Å². The Morgan fingerprint density at radius 3 is 2.75 bits per heavy atom. The standard InChI is InChI=1S/C9H7FO2/c1-12-9-3-2-7(4-5-11)6-8(9)10/h2-3,6,11H,1H3. The maximum Gasteiger partial charge on any atom is 0.166 e. The zero-order chi connectivity index (χ0) is 8.97. The molecule has 0 amide bonds. The number of aliphatic hydroxyl groups is 1.